The molecule has 1 fully saturated rings. The molecule has 1 aliphatic heterocycles. The van der Waals surface area contributed by atoms with Gasteiger partial charge in [0.2, 0.25) is 5.91 Å². The molecule has 0 aromatic heterocycles. The molecule has 0 aromatic rings. The first kappa shape index (κ1) is 52.2. The average molecular weight is 786 g/mol. The number of carbonyl (C=O) groups excluding carboxylic acids is 1. The Hall–Kier alpha value is -0.810. The standard InChI is InChI=1S/C46H91NO8/c1-3-4-5-6-7-8-9-10-11-12-13-14-15-16-17-18-19-20-21-22-23-24-25-26-27-28-29-30-31-32-33-34-35-36-41(50)40(47-39(2)49)38-54-46-45(53)44(52)43(51)42(37-48)55-46/h40-46,48,50-53H,3-38H2,1-2H3,(H,47,49). The summed E-state index contributed by atoms with van der Waals surface area (Å²) in [5.74, 6) is -0.317. The minimum atomic E-state index is -1.54. The third-order valence-corrected chi connectivity index (χ3v) is 11.7. The van der Waals surface area contributed by atoms with Gasteiger partial charge in [0.15, 0.2) is 6.29 Å². The Labute approximate surface area is 338 Å². The Morgan fingerprint density at radius 2 is 0.873 bits per heavy atom. The molecule has 0 aromatic carbocycles. The Balaban J connectivity index is 1.84. The highest BCUT2D eigenvalue weighted by Gasteiger charge is 2.44. The molecule has 0 saturated carbocycles. The lowest BCUT2D eigenvalue weighted by atomic mass is 9.99. The van der Waals surface area contributed by atoms with Gasteiger partial charge in [-0.1, -0.05) is 219 Å². The molecule has 55 heavy (non-hydrogen) atoms. The molecule has 9 nitrogen and oxygen atoms in total. The van der Waals surface area contributed by atoms with Gasteiger partial charge in [0.25, 0.3) is 0 Å². The summed E-state index contributed by atoms with van der Waals surface area (Å²) < 4.78 is 10.9. The Kier molecular flexibility index (Phi) is 35.6. The fourth-order valence-corrected chi connectivity index (χ4v) is 8.02. The molecule has 1 heterocycles. The van der Waals surface area contributed by atoms with Crippen LogP contribution in [-0.2, 0) is 14.3 Å². The summed E-state index contributed by atoms with van der Waals surface area (Å²) in [5.41, 5.74) is 0. The molecule has 1 saturated heterocycles. The van der Waals surface area contributed by atoms with E-state index in [2.05, 4.69) is 12.2 Å². The third kappa shape index (κ3) is 29.1. The van der Waals surface area contributed by atoms with Crippen molar-refractivity contribution in [2.75, 3.05) is 13.2 Å². The summed E-state index contributed by atoms with van der Waals surface area (Å²) in [6.07, 6.45) is 38.0. The first-order valence-corrected chi connectivity index (χ1v) is 23.7. The Bertz CT molecular complexity index is 832. The number of carbonyl (C=O) groups is 1. The van der Waals surface area contributed by atoms with E-state index in [4.69, 9.17) is 9.47 Å². The van der Waals surface area contributed by atoms with Gasteiger partial charge < -0.3 is 40.3 Å². The minimum Gasteiger partial charge on any atom is -0.394 e. The van der Waals surface area contributed by atoms with E-state index in [0.717, 1.165) is 19.3 Å². The highest BCUT2D eigenvalue weighted by atomic mass is 16.7. The molecule has 0 bridgehead atoms. The monoisotopic (exact) mass is 786 g/mol. The zero-order chi connectivity index (χ0) is 40.2. The maximum atomic E-state index is 11.7. The van der Waals surface area contributed by atoms with Gasteiger partial charge in [0, 0.05) is 6.92 Å². The molecular weight excluding hydrogens is 695 g/mol. The third-order valence-electron chi connectivity index (χ3n) is 11.7. The highest BCUT2D eigenvalue weighted by molar-refractivity contribution is 5.73. The lowest BCUT2D eigenvalue weighted by molar-refractivity contribution is -0.302. The first-order chi connectivity index (χ1) is 26.8. The summed E-state index contributed by atoms with van der Waals surface area (Å²) in [6, 6.07) is -0.715. The van der Waals surface area contributed by atoms with Crippen molar-refractivity contribution in [3.63, 3.8) is 0 Å². The van der Waals surface area contributed by atoms with E-state index in [1.54, 1.807) is 0 Å². The smallest absolute Gasteiger partial charge is 0.217 e. The number of hydrogen-bond donors (Lipinski definition) is 6. The number of ether oxygens (including phenoxy) is 2. The van der Waals surface area contributed by atoms with Crippen molar-refractivity contribution in [3.05, 3.63) is 0 Å². The van der Waals surface area contributed by atoms with Crippen LogP contribution in [0.1, 0.15) is 232 Å². The molecule has 9 heteroatoms. The summed E-state index contributed by atoms with van der Waals surface area (Å²) in [7, 11) is 0. The normalized spacial score (nSPS) is 21.2. The van der Waals surface area contributed by atoms with E-state index >= 15 is 0 Å². The molecular formula is C46H91NO8. The second-order valence-electron chi connectivity index (χ2n) is 17.0. The minimum absolute atomic E-state index is 0.150. The van der Waals surface area contributed by atoms with E-state index in [9.17, 15) is 30.3 Å². The second-order valence-corrected chi connectivity index (χ2v) is 17.0. The SMILES string of the molecule is CCCCCCCCCCCCCCCCCCCCCCCCCCCCCCCCCCCC(O)C(COC1OC(CO)C(O)C(O)C1O)NC(C)=O. The van der Waals surface area contributed by atoms with Crippen molar-refractivity contribution in [2.24, 2.45) is 0 Å². The summed E-state index contributed by atoms with van der Waals surface area (Å²) in [6.45, 7) is 2.95. The molecule has 1 amide bonds. The van der Waals surface area contributed by atoms with E-state index in [0.29, 0.717) is 6.42 Å². The van der Waals surface area contributed by atoms with Gasteiger partial charge in [0.1, 0.15) is 24.4 Å². The fourth-order valence-electron chi connectivity index (χ4n) is 8.02. The van der Waals surface area contributed by atoms with Gasteiger partial charge >= 0.3 is 0 Å². The van der Waals surface area contributed by atoms with Gasteiger partial charge in [-0.05, 0) is 6.42 Å². The van der Waals surface area contributed by atoms with Gasteiger partial charge in [0.05, 0.1) is 25.4 Å². The first-order valence-electron chi connectivity index (χ1n) is 23.7. The van der Waals surface area contributed by atoms with Gasteiger partial charge in [-0.3, -0.25) is 4.79 Å². The van der Waals surface area contributed by atoms with Crippen molar-refractivity contribution >= 4 is 5.91 Å². The average Bonchev–Trinajstić information content (AvgIpc) is 3.17. The lowest BCUT2D eigenvalue weighted by Gasteiger charge is -2.40. The van der Waals surface area contributed by atoms with Gasteiger partial charge in [-0.2, -0.15) is 0 Å². The summed E-state index contributed by atoms with van der Waals surface area (Å²) in [5, 5.41) is 52.9. The molecule has 0 spiro atoms. The molecule has 0 radical (unpaired) electrons. The van der Waals surface area contributed by atoms with E-state index in [1.165, 1.54) is 200 Å². The number of rotatable bonds is 40. The second kappa shape index (κ2) is 37.5. The molecule has 6 N–H and O–H groups in total. The summed E-state index contributed by atoms with van der Waals surface area (Å²) >= 11 is 0. The largest absolute Gasteiger partial charge is 0.394 e. The van der Waals surface area contributed by atoms with Crippen LogP contribution in [0.3, 0.4) is 0 Å². The van der Waals surface area contributed by atoms with Crippen molar-refractivity contribution in [1.29, 1.82) is 0 Å². The van der Waals surface area contributed by atoms with Crippen molar-refractivity contribution < 1.29 is 39.8 Å². The number of amides is 1. The topological polar surface area (TPSA) is 149 Å². The van der Waals surface area contributed by atoms with Crippen LogP contribution in [0.25, 0.3) is 0 Å². The van der Waals surface area contributed by atoms with Crippen LogP contribution in [0.5, 0.6) is 0 Å². The lowest BCUT2D eigenvalue weighted by Crippen LogP contribution is -2.60. The highest BCUT2D eigenvalue weighted by Crippen LogP contribution is 2.23. The zero-order valence-electron chi connectivity index (χ0n) is 36.0. The number of unbranched alkanes of at least 4 members (excludes halogenated alkanes) is 32. The molecule has 1 rings (SSSR count). The Morgan fingerprint density at radius 1 is 0.545 bits per heavy atom. The zero-order valence-corrected chi connectivity index (χ0v) is 36.0. The van der Waals surface area contributed by atoms with Crippen molar-refractivity contribution in [1.82, 2.24) is 5.32 Å². The van der Waals surface area contributed by atoms with Crippen molar-refractivity contribution in [2.45, 2.75) is 275 Å². The predicted octanol–water partition coefficient (Wildman–Crippen LogP) is 9.95. The van der Waals surface area contributed by atoms with E-state index < -0.39 is 49.5 Å². The van der Waals surface area contributed by atoms with Crippen LogP contribution in [-0.4, -0.2) is 87.5 Å². The number of hydrogen-bond acceptors (Lipinski definition) is 8. The van der Waals surface area contributed by atoms with Crippen LogP contribution in [0, 0.1) is 0 Å². The molecule has 7 atom stereocenters. The number of nitrogens with one attached hydrogen (secondary N) is 1. The summed E-state index contributed by atoms with van der Waals surface area (Å²) in [4.78, 5) is 11.7. The quantitative estimate of drug-likeness (QED) is 0.0337. The fraction of sp³-hybridized carbons (Fsp3) is 0.978. The predicted molar refractivity (Wildman–Crippen MR) is 226 cm³/mol. The number of aliphatic hydroxyl groups excluding tert-OH is 5. The van der Waals surface area contributed by atoms with E-state index in [-0.39, 0.29) is 12.5 Å². The maximum absolute atomic E-state index is 11.7. The van der Waals surface area contributed by atoms with Crippen LogP contribution in [0.4, 0.5) is 0 Å². The molecule has 7 unspecified atom stereocenters. The van der Waals surface area contributed by atoms with Gasteiger partial charge in [-0.25, -0.2) is 0 Å². The molecule has 328 valence electrons. The van der Waals surface area contributed by atoms with Crippen LogP contribution in [0.2, 0.25) is 0 Å². The molecule has 1 aliphatic rings. The van der Waals surface area contributed by atoms with Crippen LogP contribution in [0.15, 0.2) is 0 Å². The Morgan fingerprint density at radius 3 is 1.18 bits per heavy atom. The van der Waals surface area contributed by atoms with Crippen LogP contribution < -0.4 is 5.32 Å². The van der Waals surface area contributed by atoms with E-state index in [1.807, 2.05) is 0 Å². The number of aliphatic hydroxyl groups is 5. The van der Waals surface area contributed by atoms with Crippen molar-refractivity contribution in [3.8, 4) is 0 Å². The molecule has 0 aliphatic carbocycles. The van der Waals surface area contributed by atoms with Gasteiger partial charge in [-0.15, -0.1) is 0 Å². The maximum Gasteiger partial charge on any atom is 0.217 e. The van der Waals surface area contributed by atoms with Crippen LogP contribution >= 0.6 is 0 Å².